The lowest BCUT2D eigenvalue weighted by molar-refractivity contribution is 0.0695. The molecule has 5 heteroatoms. The summed E-state index contributed by atoms with van der Waals surface area (Å²) < 4.78 is 5.52. The summed E-state index contributed by atoms with van der Waals surface area (Å²) in [5.41, 5.74) is 0.880. The lowest BCUT2D eigenvalue weighted by Crippen LogP contribution is -2.35. The van der Waals surface area contributed by atoms with E-state index < -0.39 is 5.97 Å². The molecule has 0 amide bonds. The molecule has 0 aliphatic carbocycles. The smallest absolute Gasteiger partial charge is 0.349 e. The van der Waals surface area contributed by atoms with Crippen LogP contribution in [0.1, 0.15) is 16.6 Å². The predicted octanol–water partition coefficient (Wildman–Crippen LogP) is 1.66. The van der Waals surface area contributed by atoms with Crippen LogP contribution in [0.2, 0.25) is 0 Å². The second-order valence-corrected chi connectivity index (χ2v) is 4.27. The molecule has 1 aromatic heterocycles. The molecule has 1 aliphatic rings. The summed E-state index contributed by atoms with van der Waals surface area (Å²) >= 11 is 1.21. The maximum Gasteiger partial charge on any atom is 0.349 e. The topological polar surface area (TPSA) is 49.8 Å². The predicted molar refractivity (Wildman–Crippen MR) is 54.6 cm³/mol. The molecule has 2 rings (SSSR count). The van der Waals surface area contributed by atoms with E-state index in [1.807, 2.05) is 24.3 Å². The van der Waals surface area contributed by atoms with Gasteiger partial charge in [-0.1, -0.05) is 0 Å². The average molecular weight is 213 g/mol. The first kappa shape index (κ1) is 9.33. The second-order valence-electron chi connectivity index (χ2n) is 3.39. The first-order valence-corrected chi connectivity index (χ1v) is 5.20. The molecule has 1 unspecified atom stereocenters. The van der Waals surface area contributed by atoms with E-state index in [1.54, 1.807) is 0 Å². The largest absolute Gasteiger partial charge is 0.485 e. The number of hydrogen-bond acceptors (Lipinski definition) is 4. The molecule has 0 spiro atoms. The number of likely N-dealkylation sites (N-methyl/N-ethyl adjacent to an activating group) is 1. The SMILES string of the molecule is CC1CN(C)c2csc(C(=O)O)c2O1. The van der Waals surface area contributed by atoms with Crippen LogP contribution in [0.15, 0.2) is 5.38 Å². The van der Waals surface area contributed by atoms with Crippen molar-refractivity contribution in [2.45, 2.75) is 13.0 Å². The molecule has 2 heterocycles. The van der Waals surface area contributed by atoms with Gasteiger partial charge in [0.25, 0.3) is 0 Å². The second kappa shape index (κ2) is 3.16. The van der Waals surface area contributed by atoms with E-state index in [2.05, 4.69) is 0 Å². The van der Waals surface area contributed by atoms with Crippen LogP contribution in [0.5, 0.6) is 5.75 Å². The fourth-order valence-corrected chi connectivity index (χ4v) is 2.46. The van der Waals surface area contributed by atoms with Crippen molar-refractivity contribution in [2.75, 3.05) is 18.5 Å². The first-order chi connectivity index (χ1) is 6.59. The molecule has 0 saturated heterocycles. The number of fused-ring (bicyclic) bond motifs is 1. The minimum Gasteiger partial charge on any atom is -0.485 e. The van der Waals surface area contributed by atoms with Crippen molar-refractivity contribution in [3.63, 3.8) is 0 Å². The monoisotopic (exact) mass is 213 g/mol. The van der Waals surface area contributed by atoms with E-state index in [4.69, 9.17) is 9.84 Å². The van der Waals surface area contributed by atoms with Crippen LogP contribution in [0.4, 0.5) is 5.69 Å². The highest BCUT2D eigenvalue weighted by atomic mass is 32.1. The Morgan fingerprint density at radius 2 is 2.50 bits per heavy atom. The van der Waals surface area contributed by atoms with Gasteiger partial charge >= 0.3 is 5.97 Å². The van der Waals surface area contributed by atoms with Crippen LogP contribution in [0.25, 0.3) is 0 Å². The van der Waals surface area contributed by atoms with Crippen LogP contribution in [0.3, 0.4) is 0 Å². The third-order valence-corrected chi connectivity index (χ3v) is 3.12. The van der Waals surface area contributed by atoms with E-state index in [0.29, 0.717) is 10.6 Å². The van der Waals surface area contributed by atoms with Gasteiger partial charge in [-0.05, 0) is 6.92 Å². The van der Waals surface area contributed by atoms with Crippen molar-refractivity contribution in [3.8, 4) is 5.75 Å². The summed E-state index contributed by atoms with van der Waals surface area (Å²) in [5.74, 6) is -0.400. The van der Waals surface area contributed by atoms with E-state index >= 15 is 0 Å². The minimum absolute atomic E-state index is 0.0419. The minimum atomic E-state index is -0.918. The fourth-order valence-electron chi connectivity index (χ4n) is 1.59. The molecule has 0 radical (unpaired) electrons. The number of carboxylic acid groups (broad SMARTS) is 1. The Balaban J connectivity index is 2.46. The van der Waals surface area contributed by atoms with Gasteiger partial charge in [-0.25, -0.2) is 4.79 Å². The molecule has 4 nitrogen and oxygen atoms in total. The molecule has 0 bridgehead atoms. The van der Waals surface area contributed by atoms with Gasteiger partial charge in [-0.2, -0.15) is 0 Å². The van der Waals surface area contributed by atoms with Crippen LogP contribution in [-0.4, -0.2) is 30.8 Å². The lowest BCUT2D eigenvalue weighted by atomic mass is 10.2. The normalized spacial score (nSPS) is 20.1. The van der Waals surface area contributed by atoms with Crippen LogP contribution in [-0.2, 0) is 0 Å². The van der Waals surface area contributed by atoms with Crippen LogP contribution >= 0.6 is 11.3 Å². The van der Waals surface area contributed by atoms with Gasteiger partial charge in [0, 0.05) is 12.4 Å². The van der Waals surface area contributed by atoms with E-state index in [0.717, 1.165) is 12.2 Å². The number of carboxylic acids is 1. The summed E-state index contributed by atoms with van der Waals surface area (Å²) in [4.78, 5) is 13.2. The van der Waals surface area contributed by atoms with Gasteiger partial charge in [0.2, 0.25) is 0 Å². The highest BCUT2D eigenvalue weighted by Crippen LogP contribution is 2.40. The maximum absolute atomic E-state index is 10.9. The standard InChI is InChI=1S/C9H11NO3S/c1-5-3-10(2)6-4-14-8(9(11)12)7(6)13-5/h4-5H,3H2,1-2H3,(H,11,12). The molecule has 1 aliphatic heterocycles. The molecule has 1 aromatic rings. The molecule has 1 N–H and O–H groups in total. The Hall–Kier alpha value is -1.23. The van der Waals surface area contributed by atoms with Gasteiger partial charge in [0.15, 0.2) is 10.6 Å². The van der Waals surface area contributed by atoms with E-state index in [9.17, 15) is 4.79 Å². The number of anilines is 1. The van der Waals surface area contributed by atoms with Crippen LogP contribution < -0.4 is 9.64 Å². The van der Waals surface area contributed by atoms with Gasteiger partial charge < -0.3 is 14.7 Å². The molecule has 14 heavy (non-hydrogen) atoms. The van der Waals surface area contributed by atoms with E-state index in [-0.39, 0.29) is 6.10 Å². The summed E-state index contributed by atoms with van der Waals surface area (Å²) in [6.45, 7) is 2.73. The van der Waals surface area contributed by atoms with Crippen molar-refractivity contribution in [1.82, 2.24) is 0 Å². The molecule has 1 atom stereocenters. The van der Waals surface area contributed by atoms with Crippen molar-refractivity contribution < 1.29 is 14.6 Å². The zero-order valence-electron chi connectivity index (χ0n) is 7.98. The quantitative estimate of drug-likeness (QED) is 0.770. The summed E-state index contributed by atoms with van der Waals surface area (Å²) in [5, 5.41) is 10.7. The number of nitrogens with zero attached hydrogens (tertiary/aromatic N) is 1. The van der Waals surface area contributed by atoms with Crippen molar-refractivity contribution >= 4 is 23.0 Å². The first-order valence-electron chi connectivity index (χ1n) is 4.32. The maximum atomic E-state index is 10.9. The molecule has 0 saturated carbocycles. The Bertz CT molecular complexity index is 374. The summed E-state index contributed by atoms with van der Waals surface area (Å²) in [6.07, 6.45) is 0.0419. The Labute approximate surface area is 85.7 Å². The van der Waals surface area contributed by atoms with Gasteiger partial charge in [0.1, 0.15) is 6.10 Å². The lowest BCUT2D eigenvalue weighted by Gasteiger charge is -2.30. The van der Waals surface area contributed by atoms with Crippen molar-refractivity contribution in [1.29, 1.82) is 0 Å². The molecular formula is C9H11NO3S. The zero-order chi connectivity index (χ0) is 10.3. The number of hydrogen-bond donors (Lipinski definition) is 1. The third-order valence-electron chi connectivity index (χ3n) is 2.18. The third kappa shape index (κ3) is 1.33. The number of aromatic carboxylic acids is 1. The molecular weight excluding hydrogens is 202 g/mol. The molecule has 0 aromatic carbocycles. The number of carbonyl (C=O) groups is 1. The molecule has 0 fully saturated rings. The summed E-state index contributed by atoms with van der Waals surface area (Å²) in [7, 11) is 1.94. The molecule has 76 valence electrons. The number of ether oxygens (including phenoxy) is 1. The zero-order valence-corrected chi connectivity index (χ0v) is 8.80. The van der Waals surface area contributed by atoms with Crippen molar-refractivity contribution in [3.05, 3.63) is 10.3 Å². The van der Waals surface area contributed by atoms with Crippen molar-refractivity contribution in [2.24, 2.45) is 0 Å². The fraction of sp³-hybridized carbons (Fsp3) is 0.444. The average Bonchev–Trinajstić information content (AvgIpc) is 2.47. The van der Waals surface area contributed by atoms with Gasteiger partial charge in [-0.3, -0.25) is 0 Å². The Morgan fingerprint density at radius 1 is 1.79 bits per heavy atom. The highest BCUT2D eigenvalue weighted by Gasteiger charge is 2.27. The Kier molecular flexibility index (Phi) is 2.11. The highest BCUT2D eigenvalue weighted by molar-refractivity contribution is 7.13. The number of rotatable bonds is 1. The summed E-state index contributed by atoms with van der Waals surface area (Å²) in [6, 6.07) is 0. The van der Waals surface area contributed by atoms with E-state index in [1.165, 1.54) is 11.3 Å². The Morgan fingerprint density at radius 3 is 3.14 bits per heavy atom. The van der Waals surface area contributed by atoms with Gasteiger partial charge in [0.05, 0.1) is 12.2 Å². The van der Waals surface area contributed by atoms with Gasteiger partial charge in [-0.15, -0.1) is 11.3 Å². The number of thiophene rings is 1. The van der Waals surface area contributed by atoms with Crippen LogP contribution in [0, 0.1) is 0 Å².